The summed E-state index contributed by atoms with van der Waals surface area (Å²) in [6.07, 6.45) is 14.2. The van der Waals surface area contributed by atoms with Crippen LogP contribution in [0.15, 0.2) is 0 Å². The van der Waals surface area contributed by atoms with Gasteiger partial charge in [-0.05, 0) is 57.3 Å². The van der Waals surface area contributed by atoms with Crippen LogP contribution >= 0.6 is 22.7 Å². The van der Waals surface area contributed by atoms with Gasteiger partial charge >= 0.3 is 0 Å². The number of nitrogens with zero attached hydrogens (tertiary/aromatic N) is 2. The Morgan fingerprint density at radius 1 is 0.900 bits per heavy atom. The molecule has 2 heterocycles. The minimum absolute atomic E-state index is 0.210. The molecule has 2 aromatic heterocycles. The third-order valence-electron chi connectivity index (χ3n) is 6.15. The van der Waals surface area contributed by atoms with Crippen molar-refractivity contribution in [2.24, 2.45) is 0 Å². The monoisotopic (exact) mass is 444 g/mol. The van der Waals surface area contributed by atoms with Crippen LogP contribution in [-0.2, 0) is 17.6 Å². The molecule has 0 unspecified atom stereocenters. The molecule has 1 fully saturated rings. The van der Waals surface area contributed by atoms with Gasteiger partial charge in [-0.15, -0.1) is 22.7 Å². The van der Waals surface area contributed by atoms with Crippen LogP contribution in [0.3, 0.4) is 0 Å². The minimum atomic E-state index is 0.210. The molecular formula is C24H32N2O2S2. The molecule has 30 heavy (non-hydrogen) atoms. The van der Waals surface area contributed by atoms with Crippen molar-refractivity contribution >= 4 is 34.2 Å². The third kappa shape index (κ3) is 5.44. The van der Waals surface area contributed by atoms with Crippen molar-refractivity contribution in [3.63, 3.8) is 0 Å². The number of carbonyl (C=O) groups excluding carboxylic acids is 2. The number of Topliss-reactive ketones (excluding diaryl/α,β-unsaturated/α-hetero) is 2. The quantitative estimate of drug-likeness (QED) is 0.263. The van der Waals surface area contributed by atoms with Crippen molar-refractivity contribution in [1.82, 2.24) is 9.97 Å². The summed E-state index contributed by atoms with van der Waals surface area (Å²) in [5, 5.41) is 1.98. The van der Waals surface area contributed by atoms with Gasteiger partial charge in [0.15, 0.2) is 15.8 Å². The molecule has 0 aliphatic heterocycles. The van der Waals surface area contributed by atoms with Gasteiger partial charge in [0, 0.05) is 29.0 Å². The minimum Gasteiger partial charge on any atom is -0.300 e. The number of aromatic nitrogens is 2. The maximum atomic E-state index is 12.9. The van der Waals surface area contributed by atoms with Gasteiger partial charge < -0.3 is 0 Å². The molecule has 0 saturated heterocycles. The predicted molar refractivity (Wildman–Crippen MR) is 124 cm³/mol. The lowest BCUT2D eigenvalue weighted by Crippen LogP contribution is -2.02. The van der Waals surface area contributed by atoms with Crippen LogP contribution in [0, 0.1) is 0 Å². The number of rotatable bonds is 12. The van der Waals surface area contributed by atoms with E-state index in [1.807, 2.05) is 6.92 Å². The summed E-state index contributed by atoms with van der Waals surface area (Å²) in [4.78, 5) is 36.6. The molecule has 4 nitrogen and oxygen atoms in total. The zero-order chi connectivity index (χ0) is 20.9. The molecule has 0 bridgehead atoms. The van der Waals surface area contributed by atoms with Crippen molar-refractivity contribution < 1.29 is 9.59 Å². The molecule has 162 valence electrons. The number of ketones is 2. The van der Waals surface area contributed by atoms with Crippen molar-refractivity contribution in [3.05, 3.63) is 21.1 Å². The second kappa shape index (κ2) is 10.3. The SMILES string of the molecule is CCC(=O)CCCCCCCC(=O)c1nc(-c2nc3c(s2)CCCC3)sc1C1CC1. The van der Waals surface area contributed by atoms with Gasteiger partial charge in [-0.2, -0.15) is 0 Å². The highest BCUT2D eigenvalue weighted by Crippen LogP contribution is 2.47. The Bertz CT molecular complexity index is 872. The lowest BCUT2D eigenvalue weighted by molar-refractivity contribution is -0.118. The number of carbonyl (C=O) groups is 2. The molecule has 0 aromatic carbocycles. The Labute approximate surface area is 187 Å². The smallest absolute Gasteiger partial charge is 0.182 e. The van der Waals surface area contributed by atoms with Crippen LogP contribution in [0.5, 0.6) is 0 Å². The second-order valence-corrected chi connectivity index (χ2v) is 10.8. The molecule has 4 rings (SSSR count). The van der Waals surface area contributed by atoms with Crippen LogP contribution in [-0.4, -0.2) is 21.5 Å². The second-order valence-electron chi connectivity index (χ2n) is 8.69. The van der Waals surface area contributed by atoms with Crippen molar-refractivity contribution in [2.45, 2.75) is 103 Å². The molecule has 0 atom stereocenters. The number of aryl methyl sites for hydroxylation is 2. The maximum absolute atomic E-state index is 12.9. The highest BCUT2D eigenvalue weighted by molar-refractivity contribution is 7.21. The Balaban J connectivity index is 1.32. The van der Waals surface area contributed by atoms with Gasteiger partial charge in [0.25, 0.3) is 0 Å². The van der Waals surface area contributed by atoms with E-state index in [1.165, 1.54) is 41.1 Å². The molecule has 2 aliphatic carbocycles. The summed E-state index contributed by atoms with van der Waals surface area (Å²) < 4.78 is 0. The van der Waals surface area contributed by atoms with Gasteiger partial charge in [-0.1, -0.05) is 26.2 Å². The average molecular weight is 445 g/mol. The summed E-state index contributed by atoms with van der Waals surface area (Å²) in [5.74, 6) is 1.11. The molecule has 0 amide bonds. The van der Waals surface area contributed by atoms with E-state index in [1.54, 1.807) is 22.7 Å². The molecule has 2 aliphatic rings. The maximum Gasteiger partial charge on any atom is 0.182 e. The zero-order valence-corrected chi connectivity index (χ0v) is 19.6. The summed E-state index contributed by atoms with van der Waals surface area (Å²) >= 11 is 3.50. The van der Waals surface area contributed by atoms with E-state index in [0.717, 1.165) is 60.7 Å². The predicted octanol–water partition coefficient (Wildman–Crippen LogP) is 6.92. The van der Waals surface area contributed by atoms with Crippen LogP contribution in [0.2, 0.25) is 0 Å². The van der Waals surface area contributed by atoms with Gasteiger partial charge in [-0.25, -0.2) is 9.97 Å². The molecular weight excluding hydrogens is 412 g/mol. The lowest BCUT2D eigenvalue weighted by Gasteiger charge is -2.06. The molecule has 6 heteroatoms. The molecule has 0 N–H and O–H groups in total. The fourth-order valence-electron chi connectivity index (χ4n) is 4.12. The summed E-state index contributed by atoms with van der Waals surface area (Å²) in [6, 6.07) is 0. The Morgan fingerprint density at radius 3 is 2.33 bits per heavy atom. The highest BCUT2D eigenvalue weighted by Gasteiger charge is 2.32. The van der Waals surface area contributed by atoms with E-state index in [-0.39, 0.29) is 5.78 Å². The summed E-state index contributed by atoms with van der Waals surface area (Å²) in [7, 11) is 0. The Morgan fingerprint density at radius 2 is 1.60 bits per heavy atom. The first-order valence-electron chi connectivity index (χ1n) is 11.7. The van der Waals surface area contributed by atoms with E-state index in [4.69, 9.17) is 9.97 Å². The number of hydrogen-bond donors (Lipinski definition) is 0. The van der Waals surface area contributed by atoms with Crippen molar-refractivity contribution in [3.8, 4) is 10.0 Å². The Hall–Kier alpha value is -1.40. The summed E-state index contributed by atoms with van der Waals surface area (Å²) in [6.45, 7) is 1.93. The first-order valence-corrected chi connectivity index (χ1v) is 13.3. The summed E-state index contributed by atoms with van der Waals surface area (Å²) in [5.41, 5.74) is 2.00. The zero-order valence-electron chi connectivity index (χ0n) is 18.0. The number of hydrogen-bond acceptors (Lipinski definition) is 6. The molecule has 0 spiro atoms. The van der Waals surface area contributed by atoms with Crippen LogP contribution < -0.4 is 0 Å². The van der Waals surface area contributed by atoms with Gasteiger partial charge in [-0.3, -0.25) is 9.59 Å². The van der Waals surface area contributed by atoms with Gasteiger partial charge in [0.1, 0.15) is 11.5 Å². The molecule has 2 aromatic rings. The standard InChI is InChI=1S/C24H32N2O2S2/c1-2-17(27)10-6-4-3-5-7-12-19(28)21-22(16-14-15-16)30-24(26-21)23-25-18-11-8-9-13-20(18)29-23/h16H,2-15H2,1H3. The highest BCUT2D eigenvalue weighted by atomic mass is 32.1. The van der Waals surface area contributed by atoms with E-state index in [0.29, 0.717) is 31.0 Å². The van der Waals surface area contributed by atoms with Gasteiger partial charge in [0.2, 0.25) is 0 Å². The first-order chi connectivity index (χ1) is 14.7. The average Bonchev–Trinajstić information content (AvgIpc) is 3.35. The van der Waals surface area contributed by atoms with Gasteiger partial charge in [0.05, 0.1) is 5.69 Å². The van der Waals surface area contributed by atoms with Crippen LogP contribution in [0.25, 0.3) is 10.0 Å². The largest absolute Gasteiger partial charge is 0.300 e. The van der Waals surface area contributed by atoms with Crippen molar-refractivity contribution in [1.29, 1.82) is 0 Å². The molecule has 1 saturated carbocycles. The van der Waals surface area contributed by atoms with Crippen LogP contribution in [0.1, 0.15) is 116 Å². The fraction of sp³-hybridized carbons (Fsp3) is 0.667. The van der Waals surface area contributed by atoms with E-state index < -0.39 is 0 Å². The van der Waals surface area contributed by atoms with Crippen LogP contribution in [0.4, 0.5) is 0 Å². The Kier molecular flexibility index (Phi) is 7.47. The third-order valence-corrected chi connectivity index (χ3v) is 8.67. The normalized spacial score (nSPS) is 15.9. The van der Waals surface area contributed by atoms with E-state index >= 15 is 0 Å². The van der Waals surface area contributed by atoms with Crippen molar-refractivity contribution in [2.75, 3.05) is 0 Å². The lowest BCUT2D eigenvalue weighted by atomic mass is 10.0. The topological polar surface area (TPSA) is 59.9 Å². The number of unbranched alkanes of at least 4 members (excludes halogenated alkanes) is 4. The number of thiazole rings is 2. The van der Waals surface area contributed by atoms with E-state index in [9.17, 15) is 9.59 Å². The van der Waals surface area contributed by atoms with E-state index in [2.05, 4.69) is 0 Å². The molecule has 0 radical (unpaired) electrons. The fourth-order valence-corrected chi connectivity index (χ4v) is 6.54. The number of fused-ring (bicyclic) bond motifs is 1. The first kappa shape index (κ1) is 21.8.